The highest BCUT2D eigenvalue weighted by Gasteiger charge is 2.50. The van der Waals surface area contributed by atoms with Gasteiger partial charge in [-0.15, -0.1) is 11.3 Å². The van der Waals surface area contributed by atoms with E-state index in [9.17, 15) is 4.79 Å². The van der Waals surface area contributed by atoms with Gasteiger partial charge in [0.05, 0.1) is 29.9 Å². The number of fused-ring (bicyclic) bond motifs is 2. The number of nitrogens with one attached hydrogen (secondary N) is 1. The maximum Gasteiger partial charge on any atom is 0.262 e. The summed E-state index contributed by atoms with van der Waals surface area (Å²) in [7, 11) is 0. The average Bonchev–Trinajstić information content (AvgIpc) is 3.30. The second kappa shape index (κ2) is 9.34. The Labute approximate surface area is 220 Å². The lowest BCUT2D eigenvalue weighted by Gasteiger charge is -2.55. The molecule has 2 heterocycles. The van der Waals surface area contributed by atoms with E-state index in [1.54, 1.807) is 0 Å². The molecule has 0 spiro atoms. The molecule has 4 aliphatic rings. The summed E-state index contributed by atoms with van der Waals surface area (Å²) < 4.78 is 13.0. The predicted octanol–water partition coefficient (Wildman–Crippen LogP) is 6.00. The van der Waals surface area contributed by atoms with Crippen molar-refractivity contribution in [3.05, 3.63) is 64.3 Å². The van der Waals surface area contributed by atoms with Crippen molar-refractivity contribution < 1.29 is 14.3 Å². The molecule has 3 aromatic rings. The number of anilines is 1. The Hall–Kier alpha value is -3.65. The molecule has 190 valence electrons. The molecule has 0 radical (unpaired) electrons. The number of hydrogen-bond acceptors (Lipinski definition) is 6. The van der Waals surface area contributed by atoms with Gasteiger partial charge in [-0.2, -0.15) is 5.10 Å². The fourth-order valence-corrected chi connectivity index (χ4v) is 6.35. The molecule has 1 aromatic heterocycles. The summed E-state index contributed by atoms with van der Waals surface area (Å²) in [5.41, 5.74) is 4.94. The summed E-state index contributed by atoms with van der Waals surface area (Å²) in [5, 5.41) is 9.93. The molecule has 1 amide bonds. The first-order valence-electron chi connectivity index (χ1n) is 12.7. The van der Waals surface area contributed by atoms with E-state index in [0.29, 0.717) is 29.4 Å². The highest BCUT2D eigenvalue weighted by Crippen LogP contribution is 2.58. The first-order chi connectivity index (χ1) is 17.9. The smallest absolute Gasteiger partial charge is 0.262 e. The fraction of sp³-hybridized carbons (Fsp3) is 0.345. The van der Waals surface area contributed by atoms with Crippen LogP contribution in [0.25, 0.3) is 11.3 Å². The second-order valence-corrected chi connectivity index (χ2v) is 11.1. The van der Waals surface area contributed by atoms with Crippen molar-refractivity contribution in [2.75, 3.05) is 18.5 Å². The summed E-state index contributed by atoms with van der Waals surface area (Å²) in [4.78, 5) is 17.6. The highest BCUT2D eigenvalue weighted by molar-refractivity contribution is 7.07. The Morgan fingerprint density at radius 1 is 1.24 bits per heavy atom. The van der Waals surface area contributed by atoms with E-state index in [4.69, 9.17) is 19.6 Å². The van der Waals surface area contributed by atoms with E-state index in [-0.39, 0.29) is 12.5 Å². The largest absolute Gasteiger partial charge is 0.494 e. The lowest BCUT2D eigenvalue weighted by molar-refractivity contribution is -0.118. The molecule has 2 aromatic carbocycles. The molecule has 8 heteroatoms. The molecule has 2 bridgehead atoms. The minimum absolute atomic E-state index is 0.0354. The Bertz CT molecular complexity index is 1480. The Kier molecular flexibility index (Phi) is 5.99. The lowest BCUT2D eigenvalue weighted by Crippen LogP contribution is -2.48. The molecular formula is C29H30N4O3S. The topological polar surface area (TPSA) is 77.2 Å². The van der Waals surface area contributed by atoms with Gasteiger partial charge in [0.2, 0.25) is 4.80 Å². The third-order valence-electron chi connectivity index (χ3n) is 7.80. The van der Waals surface area contributed by atoms with Crippen LogP contribution < -0.4 is 19.6 Å². The van der Waals surface area contributed by atoms with Crippen LogP contribution in [0.4, 0.5) is 11.4 Å². The van der Waals surface area contributed by atoms with Crippen LogP contribution in [0.2, 0.25) is 0 Å². The van der Waals surface area contributed by atoms with Crippen LogP contribution in [0, 0.1) is 17.3 Å². The van der Waals surface area contributed by atoms with Crippen molar-refractivity contribution >= 4 is 34.8 Å². The van der Waals surface area contributed by atoms with Crippen LogP contribution in [-0.4, -0.2) is 30.0 Å². The molecule has 3 aliphatic carbocycles. The van der Waals surface area contributed by atoms with Crippen LogP contribution >= 0.6 is 11.3 Å². The molecular weight excluding hydrogens is 484 g/mol. The standard InChI is InChI=1S/C29H30N4O3S/c1-4-35-22-10-8-21(9-11-22)31-28-33(30-15-19-5-7-20-14-23(19)29(20,2)3)25(17-37-28)18-6-12-26-24(13-18)32-27(34)16-36-26/h5-6,8-13,15,17,20,23H,4,7,14,16H2,1-3H3,(H,32,34). The van der Waals surface area contributed by atoms with E-state index in [1.165, 1.54) is 23.3 Å². The van der Waals surface area contributed by atoms with Crippen LogP contribution in [0.1, 0.15) is 33.6 Å². The summed E-state index contributed by atoms with van der Waals surface area (Å²) in [6, 6.07) is 13.6. The minimum Gasteiger partial charge on any atom is -0.494 e. The normalized spacial score (nSPS) is 22.1. The zero-order chi connectivity index (χ0) is 25.6. The molecule has 1 saturated carbocycles. The first-order valence-corrected chi connectivity index (χ1v) is 13.6. The molecule has 2 atom stereocenters. The molecule has 37 heavy (non-hydrogen) atoms. The monoisotopic (exact) mass is 514 g/mol. The third-order valence-corrected chi connectivity index (χ3v) is 8.62. The van der Waals surface area contributed by atoms with E-state index >= 15 is 0 Å². The molecule has 2 unspecified atom stereocenters. The van der Waals surface area contributed by atoms with Gasteiger partial charge in [0.25, 0.3) is 5.91 Å². The van der Waals surface area contributed by atoms with Crippen LogP contribution in [0.5, 0.6) is 11.5 Å². The molecule has 0 saturated heterocycles. The quantitative estimate of drug-likeness (QED) is 0.410. The number of rotatable bonds is 6. The van der Waals surface area contributed by atoms with Gasteiger partial charge < -0.3 is 14.8 Å². The molecule has 7 nitrogen and oxygen atoms in total. The zero-order valence-electron chi connectivity index (χ0n) is 21.2. The van der Waals surface area contributed by atoms with Gasteiger partial charge in [-0.3, -0.25) is 4.79 Å². The SMILES string of the molecule is CCOc1ccc(N=c2scc(-c3ccc4c(c3)NC(=O)CO4)n2N=CC2=CCC3CC2C3(C)C)cc1. The Morgan fingerprint density at radius 2 is 2.08 bits per heavy atom. The van der Waals surface area contributed by atoms with Crippen molar-refractivity contribution in [2.24, 2.45) is 27.3 Å². The van der Waals surface area contributed by atoms with Gasteiger partial charge in [-0.1, -0.05) is 19.9 Å². The Morgan fingerprint density at radius 3 is 2.84 bits per heavy atom. The average molecular weight is 515 g/mol. The number of carbonyl (C=O) groups is 1. The molecule has 1 N–H and O–H groups in total. The predicted molar refractivity (Wildman–Crippen MR) is 147 cm³/mol. The van der Waals surface area contributed by atoms with Crippen molar-refractivity contribution in [3.8, 4) is 22.8 Å². The zero-order valence-corrected chi connectivity index (χ0v) is 22.0. The number of carbonyl (C=O) groups excluding carboxylic acids is 1. The number of aromatic nitrogens is 1. The first kappa shape index (κ1) is 23.7. The van der Waals surface area contributed by atoms with Gasteiger partial charge in [-0.25, -0.2) is 9.67 Å². The number of allylic oxidation sites excluding steroid dienone is 2. The maximum absolute atomic E-state index is 11.9. The van der Waals surface area contributed by atoms with E-state index in [2.05, 4.69) is 30.6 Å². The van der Waals surface area contributed by atoms with Crippen molar-refractivity contribution in [1.82, 2.24) is 4.68 Å². The van der Waals surface area contributed by atoms with Crippen molar-refractivity contribution in [2.45, 2.75) is 33.6 Å². The van der Waals surface area contributed by atoms with Crippen LogP contribution in [0.15, 0.2) is 69.6 Å². The fourth-order valence-electron chi connectivity index (χ4n) is 5.49. The number of nitrogens with zero attached hydrogens (tertiary/aromatic N) is 3. The number of ether oxygens (including phenoxy) is 2. The number of hydrogen-bond donors (Lipinski definition) is 1. The van der Waals surface area contributed by atoms with Crippen LogP contribution in [0.3, 0.4) is 0 Å². The summed E-state index contributed by atoms with van der Waals surface area (Å²) in [5.74, 6) is 2.65. The molecule has 1 fully saturated rings. The van der Waals surface area contributed by atoms with Gasteiger partial charge in [-0.05, 0) is 85.1 Å². The van der Waals surface area contributed by atoms with Crippen molar-refractivity contribution in [3.63, 3.8) is 0 Å². The lowest BCUT2D eigenvalue weighted by atomic mass is 9.49. The van der Waals surface area contributed by atoms with E-state index in [1.807, 2.05) is 60.3 Å². The molecule has 7 rings (SSSR count). The van der Waals surface area contributed by atoms with Gasteiger partial charge in [0.15, 0.2) is 6.61 Å². The number of benzene rings is 2. The van der Waals surface area contributed by atoms with Gasteiger partial charge in [0, 0.05) is 10.9 Å². The van der Waals surface area contributed by atoms with E-state index in [0.717, 1.165) is 39.8 Å². The second-order valence-electron chi connectivity index (χ2n) is 10.3. The summed E-state index contributed by atoms with van der Waals surface area (Å²) in [6.45, 7) is 7.36. The number of thiazole rings is 1. The summed E-state index contributed by atoms with van der Waals surface area (Å²) >= 11 is 1.53. The maximum atomic E-state index is 11.9. The Balaban J connectivity index is 1.41. The number of amides is 1. The van der Waals surface area contributed by atoms with Crippen LogP contribution in [-0.2, 0) is 4.79 Å². The minimum atomic E-state index is -0.155. The summed E-state index contributed by atoms with van der Waals surface area (Å²) in [6.07, 6.45) is 6.70. The van der Waals surface area contributed by atoms with Gasteiger partial charge >= 0.3 is 0 Å². The molecule has 1 aliphatic heterocycles. The van der Waals surface area contributed by atoms with E-state index < -0.39 is 0 Å². The van der Waals surface area contributed by atoms with Gasteiger partial charge in [0.1, 0.15) is 11.5 Å². The highest BCUT2D eigenvalue weighted by atomic mass is 32.1. The third kappa shape index (κ3) is 4.39. The van der Waals surface area contributed by atoms with Crippen molar-refractivity contribution in [1.29, 1.82) is 0 Å².